The highest BCUT2D eigenvalue weighted by atomic mass is 35.5. The summed E-state index contributed by atoms with van der Waals surface area (Å²) in [4.78, 5) is 5.58. The maximum Gasteiger partial charge on any atom is 0.114 e. The lowest BCUT2D eigenvalue weighted by atomic mass is 10.1. The average Bonchev–Trinajstić information content (AvgIpc) is 2.95. The quantitative estimate of drug-likeness (QED) is 0.476. The van der Waals surface area contributed by atoms with Crippen molar-refractivity contribution in [2.45, 2.75) is 55.2 Å². The Hall–Kier alpha value is -1.05. The normalized spacial score (nSPS) is 32.5. The Morgan fingerprint density at radius 2 is 2.04 bits per heavy atom. The number of benzene rings is 1. The van der Waals surface area contributed by atoms with Gasteiger partial charge in [0.1, 0.15) is 5.84 Å². The third-order valence-electron chi connectivity index (χ3n) is 5.04. The topological polar surface area (TPSA) is 102 Å². The Labute approximate surface area is 158 Å². The van der Waals surface area contributed by atoms with Gasteiger partial charge in [0, 0.05) is 22.0 Å². The smallest absolute Gasteiger partial charge is 0.114 e. The molecular formula is C18H26ClN5S. The first kappa shape index (κ1) is 18.7. The third-order valence-corrected chi connectivity index (χ3v) is 6.28. The van der Waals surface area contributed by atoms with Gasteiger partial charge in [-0.25, -0.2) is 0 Å². The molecule has 1 aliphatic heterocycles. The summed E-state index contributed by atoms with van der Waals surface area (Å²) in [5.74, 6) is 1.08. The highest BCUT2D eigenvalue weighted by Gasteiger charge is 2.24. The molecule has 3 rings (SSSR count). The van der Waals surface area contributed by atoms with E-state index in [1.165, 1.54) is 19.3 Å². The van der Waals surface area contributed by atoms with E-state index in [0.29, 0.717) is 16.9 Å². The van der Waals surface area contributed by atoms with Gasteiger partial charge in [-0.2, -0.15) is 0 Å². The second-order valence-electron chi connectivity index (χ2n) is 6.90. The summed E-state index contributed by atoms with van der Waals surface area (Å²) < 4.78 is 3.57. The molecule has 0 aromatic heterocycles. The van der Waals surface area contributed by atoms with Gasteiger partial charge in [-0.3, -0.25) is 9.71 Å². The van der Waals surface area contributed by atoms with Gasteiger partial charge in [0.25, 0.3) is 0 Å². The van der Waals surface area contributed by atoms with Crippen LogP contribution in [0.25, 0.3) is 0 Å². The Morgan fingerprint density at radius 1 is 1.24 bits per heavy atom. The molecule has 1 aliphatic carbocycles. The molecule has 0 bridgehead atoms. The van der Waals surface area contributed by atoms with Crippen molar-refractivity contribution in [2.24, 2.45) is 28.1 Å². The van der Waals surface area contributed by atoms with Crippen molar-refractivity contribution in [2.75, 3.05) is 0 Å². The highest BCUT2D eigenvalue weighted by Crippen LogP contribution is 2.33. The maximum atomic E-state index is 6.51. The van der Waals surface area contributed by atoms with Crippen LogP contribution in [0.4, 0.5) is 0 Å². The molecule has 5 nitrogen and oxygen atoms in total. The molecule has 0 radical (unpaired) electrons. The van der Waals surface area contributed by atoms with Crippen LogP contribution in [0.1, 0.15) is 37.8 Å². The number of nitrogens with two attached hydrogens (primary N) is 3. The van der Waals surface area contributed by atoms with Crippen molar-refractivity contribution in [3.05, 3.63) is 40.9 Å². The zero-order valence-corrected chi connectivity index (χ0v) is 15.9. The van der Waals surface area contributed by atoms with E-state index in [2.05, 4.69) is 22.7 Å². The second-order valence-corrected chi connectivity index (χ2v) is 8.22. The largest absolute Gasteiger partial charge is 0.386 e. The minimum Gasteiger partial charge on any atom is -0.386 e. The second kappa shape index (κ2) is 8.10. The molecule has 0 amide bonds. The lowest BCUT2D eigenvalue weighted by Gasteiger charge is -2.17. The van der Waals surface area contributed by atoms with Crippen LogP contribution in [0.5, 0.6) is 0 Å². The molecule has 4 unspecified atom stereocenters. The monoisotopic (exact) mass is 379 g/mol. The van der Waals surface area contributed by atoms with E-state index in [-0.39, 0.29) is 12.1 Å². The summed E-state index contributed by atoms with van der Waals surface area (Å²) in [6.07, 6.45) is 7.60. The number of halogens is 1. The standard InChI is InChI=1S/C18H26ClN5S/c1-10-3-2-4-15(10)24-25-11-5-6-12(13(19)9-11)16-8-7-14(20)17(21)18(22)23-16/h5-10,14-17,24H,2-4,20-21H2,1H3,(H2,22,23)/t10?,14?,15?,16-,17?/m1/s1. The molecule has 7 N–H and O–H groups in total. The number of aliphatic imine (C=N–C) groups is 1. The van der Waals surface area contributed by atoms with Crippen molar-refractivity contribution in [1.29, 1.82) is 0 Å². The molecule has 1 aromatic rings. The van der Waals surface area contributed by atoms with Crippen LogP contribution in [-0.2, 0) is 0 Å². The molecule has 0 saturated heterocycles. The first-order valence-corrected chi connectivity index (χ1v) is 9.89. The van der Waals surface area contributed by atoms with Crippen LogP contribution in [0.2, 0.25) is 5.02 Å². The van der Waals surface area contributed by atoms with Crippen molar-refractivity contribution in [3.63, 3.8) is 0 Å². The summed E-state index contributed by atoms with van der Waals surface area (Å²) in [5.41, 5.74) is 18.8. The Bertz CT molecular complexity index is 677. The lowest BCUT2D eigenvalue weighted by Crippen LogP contribution is -2.48. The zero-order chi connectivity index (χ0) is 18.0. The molecule has 1 saturated carbocycles. The molecule has 7 heteroatoms. The number of hydrogen-bond donors (Lipinski definition) is 4. The van der Waals surface area contributed by atoms with E-state index in [9.17, 15) is 0 Å². The number of nitrogens with one attached hydrogen (secondary N) is 1. The minimum atomic E-state index is -0.465. The Morgan fingerprint density at radius 3 is 2.72 bits per heavy atom. The zero-order valence-electron chi connectivity index (χ0n) is 14.4. The van der Waals surface area contributed by atoms with Gasteiger partial charge in [0.2, 0.25) is 0 Å². The van der Waals surface area contributed by atoms with Crippen molar-refractivity contribution in [1.82, 2.24) is 4.72 Å². The fourth-order valence-corrected chi connectivity index (χ4v) is 4.60. The summed E-state index contributed by atoms with van der Waals surface area (Å²) in [7, 11) is 0. The van der Waals surface area contributed by atoms with Crippen molar-refractivity contribution >= 4 is 29.4 Å². The molecule has 5 atom stereocenters. The number of rotatable bonds is 4. The lowest BCUT2D eigenvalue weighted by molar-refractivity contribution is 0.501. The molecular weight excluding hydrogens is 354 g/mol. The Balaban J connectivity index is 1.72. The summed E-state index contributed by atoms with van der Waals surface area (Å²) in [6, 6.07) is 5.54. The van der Waals surface area contributed by atoms with Gasteiger partial charge in [-0.15, -0.1) is 0 Å². The number of amidine groups is 1. The maximum absolute atomic E-state index is 6.51. The number of nitrogens with zero attached hydrogens (tertiary/aromatic N) is 1. The van der Waals surface area contributed by atoms with E-state index in [1.807, 2.05) is 24.3 Å². The summed E-state index contributed by atoms with van der Waals surface area (Å²) in [5, 5.41) is 0.668. The molecule has 0 spiro atoms. The van der Waals surface area contributed by atoms with Gasteiger partial charge < -0.3 is 17.2 Å². The molecule has 1 fully saturated rings. The SMILES string of the molecule is CC1CCCC1NSc1ccc([C@H]2C=CC(N)C(N)C(N)=N2)c(Cl)c1. The molecule has 2 aliphatic rings. The van der Waals surface area contributed by atoms with Crippen LogP contribution >= 0.6 is 23.5 Å². The fourth-order valence-electron chi connectivity index (χ4n) is 3.29. The van der Waals surface area contributed by atoms with Crippen LogP contribution in [-0.4, -0.2) is 24.0 Å². The third kappa shape index (κ3) is 4.38. The first-order valence-electron chi connectivity index (χ1n) is 8.70. The van der Waals surface area contributed by atoms with Gasteiger partial charge in [-0.05, 0) is 48.4 Å². The number of hydrogen-bond acceptors (Lipinski definition) is 6. The van der Waals surface area contributed by atoms with Gasteiger partial charge >= 0.3 is 0 Å². The van der Waals surface area contributed by atoms with E-state index >= 15 is 0 Å². The Kier molecular flexibility index (Phi) is 6.07. The first-order chi connectivity index (χ1) is 12.0. The summed E-state index contributed by atoms with van der Waals surface area (Å²) in [6.45, 7) is 2.30. The average molecular weight is 380 g/mol. The van der Waals surface area contributed by atoms with Gasteiger partial charge in [-0.1, -0.05) is 43.2 Å². The summed E-state index contributed by atoms with van der Waals surface area (Å²) >= 11 is 8.16. The predicted octanol–water partition coefficient (Wildman–Crippen LogP) is 2.75. The van der Waals surface area contributed by atoms with E-state index < -0.39 is 6.04 Å². The van der Waals surface area contributed by atoms with Crippen LogP contribution in [0.15, 0.2) is 40.2 Å². The van der Waals surface area contributed by atoms with Gasteiger partial charge in [0.05, 0.1) is 12.1 Å². The molecule has 1 heterocycles. The van der Waals surface area contributed by atoms with Crippen molar-refractivity contribution in [3.8, 4) is 0 Å². The van der Waals surface area contributed by atoms with Crippen LogP contribution in [0.3, 0.4) is 0 Å². The predicted molar refractivity (Wildman–Crippen MR) is 107 cm³/mol. The molecule has 1 aromatic carbocycles. The van der Waals surface area contributed by atoms with Crippen LogP contribution < -0.4 is 21.9 Å². The highest BCUT2D eigenvalue weighted by molar-refractivity contribution is 7.97. The fraction of sp³-hybridized carbons (Fsp3) is 0.500. The van der Waals surface area contributed by atoms with Crippen LogP contribution in [0, 0.1) is 5.92 Å². The minimum absolute atomic E-state index is 0.256. The van der Waals surface area contributed by atoms with E-state index in [0.717, 1.165) is 16.4 Å². The molecule has 136 valence electrons. The van der Waals surface area contributed by atoms with E-state index in [1.54, 1.807) is 11.9 Å². The van der Waals surface area contributed by atoms with Crippen molar-refractivity contribution < 1.29 is 0 Å². The van der Waals surface area contributed by atoms with E-state index in [4.69, 9.17) is 28.8 Å². The molecule has 25 heavy (non-hydrogen) atoms. The van der Waals surface area contributed by atoms with Gasteiger partial charge in [0.15, 0.2) is 0 Å².